The van der Waals surface area contributed by atoms with Gasteiger partial charge in [-0.15, -0.1) is 0 Å². The molecule has 0 bridgehead atoms. The second-order valence-electron chi connectivity index (χ2n) is 4.92. The van der Waals surface area contributed by atoms with Gasteiger partial charge in [-0.3, -0.25) is 0 Å². The van der Waals surface area contributed by atoms with Crippen LogP contribution in [0.4, 0.5) is 4.39 Å². The van der Waals surface area contributed by atoms with Gasteiger partial charge in [-0.25, -0.2) is 18.9 Å². The van der Waals surface area contributed by atoms with Gasteiger partial charge >= 0.3 is 5.97 Å². The average Bonchev–Trinajstić information content (AvgIpc) is 3.14. The maximum Gasteiger partial charge on any atom is 0.338 e. The van der Waals surface area contributed by atoms with Crippen LogP contribution >= 0.6 is 0 Å². The van der Waals surface area contributed by atoms with Crippen LogP contribution in [-0.4, -0.2) is 27.8 Å². The normalized spacial score (nSPS) is 10.4. The molecule has 24 heavy (non-hydrogen) atoms. The number of halogens is 1. The molecule has 122 valence electrons. The third-order valence-corrected chi connectivity index (χ3v) is 3.39. The first-order valence-electron chi connectivity index (χ1n) is 7.12. The number of hydrogen-bond donors (Lipinski definition) is 0. The Labute approximate surface area is 137 Å². The summed E-state index contributed by atoms with van der Waals surface area (Å²) < 4.78 is 25.2. The van der Waals surface area contributed by atoms with Crippen molar-refractivity contribution in [1.29, 1.82) is 0 Å². The SMILES string of the molecule is COc1ccc(F)cc1COC(=O)c1ccc(-n2cncn2)cc1. The highest BCUT2D eigenvalue weighted by molar-refractivity contribution is 5.89. The average molecular weight is 327 g/mol. The zero-order chi connectivity index (χ0) is 16.9. The largest absolute Gasteiger partial charge is 0.496 e. The van der Waals surface area contributed by atoms with Crippen molar-refractivity contribution in [3.8, 4) is 11.4 Å². The van der Waals surface area contributed by atoms with Gasteiger partial charge in [0.25, 0.3) is 0 Å². The molecule has 0 aliphatic carbocycles. The molecule has 0 unspecified atom stereocenters. The predicted octanol–water partition coefficient (Wildman–Crippen LogP) is 2.77. The van der Waals surface area contributed by atoms with E-state index >= 15 is 0 Å². The lowest BCUT2D eigenvalue weighted by molar-refractivity contribution is 0.0469. The first-order chi connectivity index (χ1) is 11.7. The smallest absolute Gasteiger partial charge is 0.338 e. The number of rotatable bonds is 5. The molecule has 0 radical (unpaired) electrons. The first kappa shape index (κ1) is 15.7. The van der Waals surface area contributed by atoms with Crippen molar-refractivity contribution in [2.24, 2.45) is 0 Å². The van der Waals surface area contributed by atoms with Crippen LogP contribution in [0.1, 0.15) is 15.9 Å². The summed E-state index contributed by atoms with van der Waals surface area (Å²) in [4.78, 5) is 16.0. The molecule has 3 rings (SSSR count). The van der Waals surface area contributed by atoms with Gasteiger partial charge in [0.15, 0.2) is 0 Å². The molecule has 2 aromatic carbocycles. The number of carbonyl (C=O) groups excluding carboxylic acids is 1. The molecule has 0 aliphatic rings. The number of esters is 1. The minimum absolute atomic E-state index is 0.0788. The van der Waals surface area contributed by atoms with E-state index in [4.69, 9.17) is 9.47 Å². The van der Waals surface area contributed by atoms with Crippen molar-refractivity contribution in [2.75, 3.05) is 7.11 Å². The minimum Gasteiger partial charge on any atom is -0.496 e. The van der Waals surface area contributed by atoms with Crippen LogP contribution in [0, 0.1) is 5.82 Å². The van der Waals surface area contributed by atoms with Crippen molar-refractivity contribution in [2.45, 2.75) is 6.61 Å². The van der Waals surface area contributed by atoms with E-state index in [1.54, 1.807) is 35.3 Å². The number of nitrogens with zero attached hydrogens (tertiary/aromatic N) is 3. The molecule has 1 aromatic heterocycles. The summed E-state index contributed by atoms with van der Waals surface area (Å²) in [7, 11) is 1.47. The molecular weight excluding hydrogens is 313 g/mol. The van der Waals surface area contributed by atoms with Crippen LogP contribution in [0.3, 0.4) is 0 Å². The lowest BCUT2D eigenvalue weighted by atomic mass is 10.2. The summed E-state index contributed by atoms with van der Waals surface area (Å²) in [5, 5.41) is 4.00. The van der Waals surface area contributed by atoms with Crippen LogP contribution in [0.2, 0.25) is 0 Å². The molecule has 1 heterocycles. The molecule has 0 saturated heterocycles. The van der Waals surface area contributed by atoms with Crippen LogP contribution in [-0.2, 0) is 11.3 Å². The van der Waals surface area contributed by atoms with E-state index in [0.29, 0.717) is 16.9 Å². The van der Waals surface area contributed by atoms with E-state index in [1.165, 1.54) is 31.6 Å². The summed E-state index contributed by atoms with van der Waals surface area (Å²) >= 11 is 0. The third-order valence-electron chi connectivity index (χ3n) is 3.39. The maximum atomic E-state index is 13.3. The summed E-state index contributed by atoms with van der Waals surface area (Å²) in [5.74, 6) is -0.462. The molecule has 6 nitrogen and oxygen atoms in total. The maximum absolute atomic E-state index is 13.3. The Kier molecular flexibility index (Phi) is 4.51. The van der Waals surface area contributed by atoms with Crippen LogP contribution in [0.15, 0.2) is 55.1 Å². The summed E-state index contributed by atoms with van der Waals surface area (Å²) in [6.45, 7) is -0.0788. The number of aromatic nitrogens is 3. The van der Waals surface area contributed by atoms with Crippen LogP contribution in [0.25, 0.3) is 5.69 Å². The monoisotopic (exact) mass is 327 g/mol. The van der Waals surface area contributed by atoms with Crippen LogP contribution < -0.4 is 4.74 Å². The number of ether oxygens (including phenoxy) is 2. The lowest BCUT2D eigenvalue weighted by Gasteiger charge is -2.10. The van der Waals surface area contributed by atoms with E-state index in [2.05, 4.69) is 10.1 Å². The van der Waals surface area contributed by atoms with E-state index < -0.39 is 11.8 Å². The molecule has 7 heteroatoms. The fourth-order valence-electron chi connectivity index (χ4n) is 2.18. The van der Waals surface area contributed by atoms with Crippen molar-refractivity contribution < 1.29 is 18.7 Å². The fourth-order valence-corrected chi connectivity index (χ4v) is 2.18. The van der Waals surface area contributed by atoms with E-state index in [1.807, 2.05) is 0 Å². The molecule has 0 N–H and O–H groups in total. The topological polar surface area (TPSA) is 66.2 Å². The number of hydrogen-bond acceptors (Lipinski definition) is 5. The second-order valence-corrected chi connectivity index (χ2v) is 4.92. The quantitative estimate of drug-likeness (QED) is 0.674. The zero-order valence-electron chi connectivity index (χ0n) is 12.8. The van der Waals surface area contributed by atoms with Gasteiger partial charge in [-0.05, 0) is 42.5 Å². The summed E-state index contributed by atoms with van der Waals surface area (Å²) in [6, 6.07) is 10.8. The van der Waals surface area contributed by atoms with Gasteiger partial charge < -0.3 is 9.47 Å². The molecule has 3 aromatic rings. The summed E-state index contributed by atoms with van der Waals surface area (Å²) in [6.07, 6.45) is 2.98. The number of benzene rings is 2. The Morgan fingerprint density at radius 3 is 2.67 bits per heavy atom. The van der Waals surface area contributed by atoms with Crippen molar-refractivity contribution in [3.05, 3.63) is 72.1 Å². The minimum atomic E-state index is -0.508. The third kappa shape index (κ3) is 3.40. The second kappa shape index (κ2) is 6.91. The molecule has 0 aliphatic heterocycles. The lowest BCUT2D eigenvalue weighted by Crippen LogP contribution is -2.06. The zero-order valence-corrected chi connectivity index (χ0v) is 12.8. The highest BCUT2D eigenvalue weighted by atomic mass is 19.1. The van der Waals surface area contributed by atoms with Gasteiger partial charge in [0.2, 0.25) is 0 Å². The Bertz CT molecular complexity index is 833. The van der Waals surface area contributed by atoms with Crippen molar-refractivity contribution in [1.82, 2.24) is 14.8 Å². The predicted molar refractivity (Wildman–Crippen MR) is 83.4 cm³/mol. The molecule has 0 saturated carbocycles. The molecule has 0 fully saturated rings. The molecule has 0 spiro atoms. The number of methoxy groups -OCH3 is 1. The van der Waals surface area contributed by atoms with Crippen LogP contribution in [0.5, 0.6) is 5.75 Å². The van der Waals surface area contributed by atoms with Crippen molar-refractivity contribution in [3.63, 3.8) is 0 Å². The highest BCUT2D eigenvalue weighted by Crippen LogP contribution is 2.20. The number of carbonyl (C=O) groups is 1. The van der Waals surface area contributed by atoms with Gasteiger partial charge in [-0.1, -0.05) is 0 Å². The van der Waals surface area contributed by atoms with Gasteiger partial charge in [-0.2, -0.15) is 5.10 Å². The highest BCUT2D eigenvalue weighted by Gasteiger charge is 2.11. The van der Waals surface area contributed by atoms with Gasteiger partial charge in [0.1, 0.15) is 30.8 Å². The van der Waals surface area contributed by atoms with Gasteiger partial charge in [0, 0.05) is 5.56 Å². The van der Waals surface area contributed by atoms with Gasteiger partial charge in [0.05, 0.1) is 18.4 Å². The Morgan fingerprint density at radius 1 is 1.21 bits per heavy atom. The first-order valence-corrected chi connectivity index (χ1v) is 7.12. The van der Waals surface area contributed by atoms with Crippen molar-refractivity contribution >= 4 is 5.97 Å². The Hall–Kier alpha value is -3.22. The summed E-state index contributed by atoms with van der Waals surface area (Å²) in [5.41, 5.74) is 1.62. The molecule has 0 amide bonds. The Morgan fingerprint density at radius 2 is 2.00 bits per heavy atom. The Balaban J connectivity index is 1.68. The molecule has 0 atom stereocenters. The van der Waals surface area contributed by atoms with E-state index in [9.17, 15) is 9.18 Å². The molecular formula is C17H14FN3O3. The van der Waals surface area contributed by atoms with E-state index in [-0.39, 0.29) is 6.61 Å². The fraction of sp³-hybridized carbons (Fsp3) is 0.118. The van der Waals surface area contributed by atoms with E-state index in [0.717, 1.165) is 5.69 Å². The standard InChI is InChI=1S/C17H14FN3O3/c1-23-16-7-4-14(18)8-13(16)9-24-17(22)12-2-5-15(6-3-12)21-11-19-10-20-21/h2-8,10-11H,9H2,1H3.